The number of aromatic amines is 1. The number of thioether (sulfide) groups is 1. The molecule has 164 valence electrons. The number of nitrogens with two attached hydrogens (primary N) is 1. The first-order valence-corrected chi connectivity index (χ1v) is 11.4. The number of nitrogens with one attached hydrogen (secondary N) is 2. The number of nitrogens with zero attached hydrogens (tertiary/aromatic N) is 4. The van der Waals surface area contributed by atoms with Crippen LogP contribution in [-0.2, 0) is 4.79 Å². The minimum Gasteiger partial charge on any atom is -0.335 e. The summed E-state index contributed by atoms with van der Waals surface area (Å²) in [5.41, 5.74) is 4.45. The van der Waals surface area contributed by atoms with E-state index in [-0.39, 0.29) is 11.7 Å². The number of aromatic nitrogens is 5. The van der Waals surface area contributed by atoms with Crippen molar-refractivity contribution in [3.8, 4) is 22.8 Å². The van der Waals surface area contributed by atoms with Crippen LogP contribution in [0.25, 0.3) is 22.8 Å². The molecule has 0 unspecified atom stereocenters. The Balaban J connectivity index is 1.37. The summed E-state index contributed by atoms with van der Waals surface area (Å²) in [5, 5.41) is 18.9. The number of amides is 1. The molecule has 0 bridgehead atoms. The second-order valence-electron chi connectivity index (χ2n) is 7.48. The Bertz CT molecular complexity index is 1180. The van der Waals surface area contributed by atoms with E-state index in [4.69, 9.17) is 5.84 Å². The summed E-state index contributed by atoms with van der Waals surface area (Å²) in [6.45, 7) is 4.35. The molecule has 0 radical (unpaired) electrons. The highest BCUT2D eigenvalue weighted by molar-refractivity contribution is 7.99. The van der Waals surface area contributed by atoms with Gasteiger partial charge in [-0.25, -0.2) is 4.68 Å². The lowest BCUT2D eigenvalue weighted by atomic mass is 9.99. The quantitative estimate of drug-likeness (QED) is 0.274. The maximum Gasteiger partial charge on any atom is 0.234 e. The summed E-state index contributed by atoms with van der Waals surface area (Å²) >= 11 is 1.22. The van der Waals surface area contributed by atoms with Crippen molar-refractivity contribution in [2.75, 3.05) is 16.9 Å². The fourth-order valence-corrected chi connectivity index (χ4v) is 3.87. The molecule has 32 heavy (non-hydrogen) atoms. The summed E-state index contributed by atoms with van der Waals surface area (Å²) in [4.78, 5) is 12.4. The van der Waals surface area contributed by atoms with Gasteiger partial charge in [-0.2, -0.15) is 5.10 Å². The molecule has 9 heteroatoms. The highest BCUT2D eigenvalue weighted by Crippen LogP contribution is 2.25. The zero-order chi connectivity index (χ0) is 22.5. The maximum atomic E-state index is 12.4. The lowest BCUT2D eigenvalue weighted by molar-refractivity contribution is -0.113. The molecule has 8 nitrogen and oxygen atoms in total. The number of hydrogen-bond acceptors (Lipinski definition) is 6. The lowest BCUT2D eigenvalue weighted by Gasteiger charge is -2.10. The van der Waals surface area contributed by atoms with Crippen LogP contribution in [0.15, 0.2) is 65.8 Å². The molecule has 4 aromatic rings. The molecule has 1 amide bonds. The standard InChI is InChI=1S/C23H25N7OS/c1-3-15(2)16-9-11-18(12-10-16)25-21(31)14-32-23-29-28-22(30(23)24)20-13-19(26-27-20)17-7-5-4-6-8-17/h4-13,15H,3,14,24H2,1-2H3,(H,25,31)(H,26,27)/t15-/m1/s1. The van der Waals surface area contributed by atoms with Crippen LogP contribution < -0.4 is 11.2 Å². The van der Waals surface area contributed by atoms with E-state index in [9.17, 15) is 4.79 Å². The Kier molecular flexibility index (Phi) is 6.55. The molecule has 0 fully saturated rings. The van der Waals surface area contributed by atoms with Gasteiger partial charge in [0, 0.05) is 11.3 Å². The zero-order valence-electron chi connectivity index (χ0n) is 17.9. The molecule has 1 atom stereocenters. The molecule has 0 aliphatic rings. The molecule has 2 aromatic carbocycles. The number of carbonyl (C=O) groups is 1. The largest absolute Gasteiger partial charge is 0.335 e. The van der Waals surface area contributed by atoms with Gasteiger partial charge in [0.15, 0.2) is 0 Å². The Morgan fingerprint density at radius 2 is 1.91 bits per heavy atom. The average Bonchev–Trinajstić information content (AvgIpc) is 3.45. The van der Waals surface area contributed by atoms with Crippen LogP contribution in [0.3, 0.4) is 0 Å². The van der Waals surface area contributed by atoms with Gasteiger partial charge in [0.2, 0.25) is 16.9 Å². The third-order valence-corrected chi connectivity index (χ3v) is 6.20. The Labute approximate surface area is 190 Å². The van der Waals surface area contributed by atoms with Gasteiger partial charge in [-0.3, -0.25) is 9.89 Å². The van der Waals surface area contributed by atoms with Crippen LogP contribution in [-0.4, -0.2) is 36.7 Å². The third kappa shape index (κ3) is 4.83. The Morgan fingerprint density at radius 1 is 1.16 bits per heavy atom. The van der Waals surface area contributed by atoms with Crippen molar-refractivity contribution in [3.63, 3.8) is 0 Å². The predicted octanol–water partition coefficient (Wildman–Crippen LogP) is 4.29. The zero-order valence-corrected chi connectivity index (χ0v) is 18.8. The number of nitrogen functional groups attached to an aromatic ring is 1. The molecular weight excluding hydrogens is 422 g/mol. The second kappa shape index (κ2) is 9.69. The molecule has 2 heterocycles. The van der Waals surface area contributed by atoms with Crippen molar-refractivity contribution in [1.29, 1.82) is 0 Å². The van der Waals surface area contributed by atoms with Gasteiger partial charge in [0.25, 0.3) is 0 Å². The van der Waals surface area contributed by atoms with Crippen LogP contribution in [0.2, 0.25) is 0 Å². The van der Waals surface area contributed by atoms with Crippen LogP contribution >= 0.6 is 11.8 Å². The van der Waals surface area contributed by atoms with Crippen molar-refractivity contribution in [2.45, 2.75) is 31.3 Å². The summed E-state index contributed by atoms with van der Waals surface area (Å²) in [6, 6.07) is 19.6. The molecule has 0 spiro atoms. The molecule has 2 aromatic heterocycles. The molecular formula is C23H25N7OS. The molecule has 0 aliphatic heterocycles. The van der Waals surface area contributed by atoms with Crippen molar-refractivity contribution in [3.05, 3.63) is 66.2 Å². The van der Waals surface area contributed by atoms with E-state index in [1.165, 1.54) is 22.0 Å². The number of carbonyl (C=O) groups excluding carboxylic acids is 1. The highest BCUT2D eigenvalue weighted by Gasteiger charge is 2.16. The number of anilines is 1. The highest BCUT2D eigenvalue weighted by atomic mass is 32.2. The van der Waals surface area contributed by atoms with Crippen molar-refractivity contribution in [2.24, 2.45) is 0 Å². The van der Waals surface area contributed by atoms with Crippen molar-refractivity contribution < 1.29 is 4.79 Å². The number of rotatable bonds is 8. The van der Waals surface area contributed by atoms with E-state index in [1.54, 1.807) is 0 Å². The van der Waals surface area contributed by atoms with Gasteiger partial charge in [-0.15, -0.1) is 10.2 Å². The molecule has 4 N–H and O–H groups in total. The normalized spacial score (nSPS) is 11.9. The summed E-state index contributed by atoms with van der Waals surface area (Å²) in [6.07, 6.45) is 1.08. The fraction of sp³-hybridized carbons (Fsp3) is 0.217. The van der Waals surface area contributed by atoms with Crippen molar-refractivity contribution in [1.82, 2.24) is 25.1 Å². The average molecular weight is 448 g/mol. The van der Waals surface area contributed by atoms with E-state index >= 15 is 0 Å². The molecule has 0 saturated carbocycles. The number of benzene rings is 2. The Morgan fingerprint density at radius 3 is 2.62 bits per heavy atom. The van der Waals surface area contributed by atoms with Gasteiger partial charge in [-0.05, 0) is 36.1 Å². The number of hydrogen-bond donors (Lipinski definition) is 3. The minimum atomic E-state index is -0.135. The first-order valence-electron chi connectivity index (χ1n) is 10.4. The summed E-state index contributed by atoms with van der Waals surface area (Å²) in [7, 11) is 0. The van der Waals surface area contributed by atoms with Gasteiger partial charge in [0.05, 0.1) is 11.4 Å². The number of H-pyrrole nitrogens is 1. The van der Waals surface area contributed by atoms with Crippen LogP contribution in [0.1, 0.15) is 31.7 Å². The molecule has 0 aliphatic carbocycles. The van der Waals surface area contributed by atoms with Gasteiger partial charge >= 0.3 is 0 Å². The smallest absolute Gasteiger partial charge is 0.234 e. The second-order valence-corrected chi connectivity index (χ2v) is 8.42. The lowest BCUT2D eigenvalue weighted by Crippen LogP contribution is -2.16. The monoisotopic (exact) mass is 447 g/mol. The van der Waals surface area contributed by atoms with Gasteiger partial charge in [0.1, 0.15) is 5.69 Å². The Hall–Kier alpha value is -3.59. The predicted molar refractivity (Wildman–Crippen MR) is 128 cm³/mol. The third-order valence-electron chi connectivity index (χ3n) is 5.26. The van der Waals surface area contributed by atoms with Crippen LogP contribution in [0.5, 0.6) is 0 Å². The van der Waals surface area contributed by atoms with Gasteiger partial charge in [-0.1, -0.05) is 68.1 Å². The van der Waals surface area contributed by atoms with Crippen molar-refractivity contribution >= 4 is 23.4 Å². The maximum absolute atomic E-state index is 12.4. The van der Waals surface area contributed by atoms with Gasteiger partial charge < -0.3 is 11.2 Å². The van der Waals surface area contributed by atoms with E-state index < -0.39 is 0 Å². The molecule has 4 rings (SSSR count). The van der Waals surface area contributed by atoms with E-state index in [0.29, 0.717) is 22.6 Å². The summed E-state index contributed by atoms with van der Waals surface area (Å²) in [5.74, 6) is 7.15. The summed E-state index contributed by atoms with van der Waals surface area (Å²) < 4.78 is 1.36. The topological polar surface area (TPSA) is 115 Å². The first-order chi connectivity index (χ1) is 15.5. The SMILES string of the molecule is CC[C@@H](C)c1ccc(NC(=O)CSc2nnc(-c3cc(-c4ccccc4)n[nH]3)n2N)cc1. The van der Waals surface area contributed by atoms with Crippen LogP contribution in [0.4, 0.5) is 5.69 Å². The van der Waals surface area contributed by atoms with E-state index in [1.807, 2.05) is 60.7 Å². The minimum absolute atomic E-state index is 0.135. The molecule has 0 saturated heterocycles. The van der Waals surface area contributed by atoms with E-state index in [0.717, 1.165) is 23.4 Å². The van der Waals surface area contributed by atoms with E-state index in [2.05, 4.69) is 39.6 Å². The fourth-order valence-electron chi connectivity index (χ4n) is 3.21. The van der Waals surface area contributed by atoms with Crippen LogP contribution in [0, 0.1) is 0 Å². The first kappa shape index (κ1) is 21.6.